The smallest absolute Gasteiger partial charge is 0.160 e. The van der Waals surface area contributed by atoms with Crippen LogP contribution in [0.2, 0.25) is 0 Å². The Labute approximate surface area is 137 Å². The first-order valence-electron chi connectivity index (χ1n) is 7.84. The third-order valence-corrected chi connectivity index (χ3v) is 4.95. The van der Waals surface area contributed by atoms with E-state index in [0.717, 1.165) is 12.1 Å². The van der Waals surface area contributed by atoms with E-state index < -0.39 is 11.6 Å². The molecule has 23 heavy (non-hydrogen) atoms. The molecule has 0 aliphatic heterocycles. The van der Waals surface area contributed by atoms with Gasteiger partial charge in [-0.15, -0.1) is 0 Å². The van der Waals surface area contributed by atoms with Crippen molar-refractivity contribution in [3.63, 3.8) is 0 Å². The molecule has 1 aliphatic carbocycles. The standard InChI is InChI=1S/C19H20BF2N/c1-11-5-4-6-12(9-11)16-17(19(16,2)3)18(20)23-13-7-8-14(21)15(22)10-13/h4-10,16-18,23H,1-3H3/t16-,17+,18?/m1/s1. The van der Waals surface area contributed by atoms with E-state index in [1.165, 1.54) is 17.2 Å². The Morgan fingerprint density at radius 1 is 1.09 bits per heavy atom. The fraction of sp³-hybridized carbons (Fsp3) is 0.368. The number of benzene rings is 2. The summed E-state index contributed by atoms with van der Waals surface area (Å²) in [5.41, 5.74) is 3.08. The van der Waals surface area contributed by atoms with Crippen LogP contribution in [0.1, 0.15) is 30.9 Å². The fourth-order valence-corrected chi connectivity index (χ4v) is 3.72. The SMILES string of the molecule is [B]C(Nc1ccc(F)c(F)c1)[C@@H]1[C@@H](c2cccc(C)c2)C1(C)C. The van der Waals surface area contributed by atoms with Crippen LogP contribution in [0.25, 0.3) is 0 Å². The topological polar surface area (TPSA) is 12.0 Å². The van der Waals surface area contributed by atoms with Crippen molar-refractivity contribution in [1.82, 2.24) is 0 Å². The lowest BCUT2D eigenvalue weighted by Crippen LogP contribution is -2.24. The number of halogens is 2. The predicted molar refractivity (Wildman–Crippen MR) is 90.7 cm³/mol. The van der Waals surface area contributed by atoms with Crippen molar-refractivity contribution in [3.8, 4) is 0 Å². The highest BCUT2D eigenvalue weighted by Crippen LogP contribution is 2.65. The maximum atomic E-state index is 13.3. The van der Waals surface area contributed by atoms with E-state index in [1.54, 1.807) is 0 Å². The summed E-state index contributed by atoms with van der Waals surface area (Å²) in [6.45, 7) is 6.46. The van der Waals surface area contributed by atoms with Gasteiger partial charge in [0.15, 0.2) is 11.6 Å². The molecule has 2 aromatic carbocycles. The molecule has 2 radical (unpaired) electrons. The van der Waals surface area contributed by atoms with Crippen LogP contribution in [-0.4, -0.2) is 13.8 Å². The summed E-state index contributed by atoms with van der Waals surface area (Å²) in [6, 6.07) is 12.2. The van der Waals surface area contributed by atoms with Crippen molar-refractivity contribution < 1.29 is 8.78 Å². The molecular formula is C19H20BF2N. The highest BCUT2D eigenvalue weighted by Gasteiger charge is 2.59. The lowest BCUT2D eigenvalue weighted by Gasteiger charge is -2.17. The van der Waals surface area contributed by atoms with Gasteiger partial charge in [0.1, 0.15) is 0 Å². The molecule has 1 nitrogen and oxygen atoms in total. The summed E-state index contributed by atoms with van der Waals surface area (Å²) in [5.74, 6) is -1.45. The third-order valence-electron chi connectivity index (χ3n) is 4.95. The second kappa shape index (κ2) is 5.66. The Kier molecular flexibility index (Phi) is 3.95. The average molecular weight is 311 g/mol. The Morgan fingerprint density at radius 3 is 2.48 bits per heavy atom. The van der Waals surface area contributed by atoms with Crippen molar-refractivity contribution in [3.05, 3.63) is 65.2 Å². The molecule has 0 bridgehead atoms. The highest BCUT2D eigenvalue weighted by molar-refractivity contribution is 6.14. The molecule has 1 unspecified atom stereocenters. The molecule has 2 aromatic rings. The van der Waals surface area contributed by atoms with Crippen LogP contribution >= 0.6 is 0 Å². The Morgan fingerprint density at radius 2 is 1.83 bits per heavy atom. The van der Waals surface area contributed by atoms with Gasteiger partial charge in [0.2, 0.25) is 0 Å². The molecule has 1 saturated carbocycles. The summed E-state index contributed by atoms with van der Waals surface area (Å²) in [5, 5.41) is 3.11. The van der Waals surface area contributed by atoms with E-state index in [-0.39, 0.29) is 17.3 Å². The maximum absolute atomic E-state index is 13.3. The van der Waals surface area contributed by atoms with E-state index in [1.807, 2.05) is 0 Å². The number of hydrogen-bond acceptors (Lipinski definition) is 1. The Balaban J connectivity index is 1.77. The van der Waals surface area contributed by atoms with Gasteiger partial charge < -0.3 is 5.32 Å². The quantitative estimate of drug-likeness (QED) is 0.813. The zero-order valence-electron chi connectivity index (χ0n) is 13.6. The third kappa shape index (κ3) is 2.99. The molecule has 0 spiro atoms. The molecule has 118 valence electrons. The highest BCUT2D eigenvalue weighted by atomic mass is 19.2. The van der Waals surface area contributed by atoms with E-state index in [2.05, 4.69) is 50.4 Å². The molecule has 4 heteroatoms. The van der Waals surface area contributed by atoms with Crippen LogP contribution in [0, 0.1) is 29.9 Å². The number of hydrogen-bond donors (Lipinski definition) is 1. The summed E-state index contributed by atoms with van der Waals surface area (Å²) in [4.78, 5) is 0. The van der Waals surface area contributed by atoms with Crippen LogP contribution in [-0.2, 0) is 0 Å². The molecule has 0 aromatic heterocycles. The van der Waals surface area contributed by atoms with Crippen molar-refractivity contribution in [1.29, 1.82) is 0 Å². The second-order valence-electron chi connectivity index (χ2n) is 7.04. The minimum absolute atomic E-state index is 0.0682. The van der Waals surface area contributed by atoms with Gasteiger partial charge in [-0.25, -0.2) is 8.78 Å². The molecule has 0 amide bonds. The molecular weight excluding hydrogens is 291 g/mol. The van der Waals surface area contributed by atoms with Gasteiger partial charge in [0, 0.05) is 5.69 Å². The van der Waals surface area contributed by atoms with E-state index in [0.29, 0.717) is 11.6 Å². The summed E-state index contributed by atoms with van der Waals surface area (Å²) >= 11 is 0. The van der Waals surface area contributed by atoms with Crippen LogP contribution in [0.4, 0.5) is 14.5 Å². The fourth-order valence-electron chi connectivity index (χ4n) is 3.72. The molecule has 1 N–H and O–H groups in total. The first kappa shape index (κ1) is 16.0. The summed E-state index contributed by atoms with van der Waals surface area (Å²) in [6.07, 6.45) is 0. The van der Waals surface area contributed by atoms with Gasteiger partial charge in [-0.1, -0.05) is 43.7 Å². The molecule has 1 aliphatic rings. The zero-order valence-corrected chi connectivity index (χ0v) is 13.6. The van der Waals surface area contributed by atoms with Crippen molar-refractivity contribution in [2.75, 3.05) is 5.32 Å². The van der Waals surface area contributed by atoms with Crippen LogP contribution in [0.15, 0.2) is 42.5 Å². The maximum Gasteiger partial charge on any atom is 0.160 e. The number of nitrogens with one attached hydrogen (secondary N) is 1. The predicted octanol–water partition coefficient (Wildman–Crippen LogP) is 4.62. The van der Waals surface area contributed by atoms with Crippen molar-refractivity contribution >= 4 is 13.5 Å². The van der Waals surface area contributed by atoms with Crippen molar-refractivity contribution in [2.24, 2.45) is 11.3 Å². The van der Waals surface area contributed by atoms with Gasteiger partial charge in [0.05, 0.1) is 7.85 Å². The number of anilines is 1. The van der Waals surface area contributed by atoms with E-state index >= 15 is 0 Å². The van der Waals surface area contributed by atoms with Crippen LogP contribution in [0.5, 0.6) is 0 Å². The average Bonchev–Trinajstić information content (AvgIpc) is 3.06. The lowest BCUT2D eigenvalue weighted by atomic mass is 9.87. The lowest BCUT2D eigenvalue weighted by molar-refractivity contribution is 0.508. The number of rotatable bonds is 4. The van der Waals surface area contributed by atoms with Crippen molar-refractivity contribution in [2.45, 2.75) is 32.6 Å². The molecule has 0 heterocycles. The molecule has 0 saturated heterocycles. The largest absolute Gasteiger partial charge is 0.391 e. The normalized spacial score (nSPS) is 23.3. The minimum atomic E-state index is -0.868. The summed E-state index contributed by atoms with van der Waals surface area (Å²) in [7, 11) is 6.31. The van der Waals surface area contributed by atoms with Crippen LogP contribution in [0.3, 0.4) is 0 Å². The monoisotopic (exact) mass is 311 g/mol. The van der Waals surface area contributed by atoms with Gasteiger partial charge in [0.25, 0.3) is 0 Å². The van der Waals surface area contributed by atoms with Gasteiger partial charge in [-0.3, -0.25) is 0 Å². The van der Waals surface area contributed by atoms with Gasteiger partial charge in [-0.05, 0) is 53.9 Å². The minimum Gasteiger partial charge on any atom is -0.391 e. The zero-order chi connectivity index (χ0) is 16.8. The molecule has 3 atom stereocenters. The van der Waals surface area contributed by atoms with E-state index in [4.69, 9.17) is 7.85 Å². The first-order valence-corrected chi connectivity index (χ1v) is 7.84. The Hall–Kier alpha value is -1.84. The van der Waals surface area contributed by atoms with E-state index in [9.17, 15) is 8.78 Å². The van der Waals surface area contributed by atoms with Crippen LogP contribution < -0.4 is 5.32 Å². The summed E-state index contributed by atoms with van der Waals surface area (Å²) < 4.78 is 26.3. The van der Waals surface area contributed by atoms with Gasteiger partial charge >= 0.3 is 0 Å². The molecule has 3 rings (SSSR count). The number of aryl methyl sites for hydroxylation is 1. The molecule has 1 fully saturated rings. The second-order valence-corrected chi connectivity index (χ2v) is 7.04. The first-order chi connectivity index (χ1) is 10.8. The van der Waals surface area contributed by atoms with Gasteiger partial charge in [-0.2, -0.15) is 0 Å². The Bertz CT molecular complexity index is 729.